The van der Waals surface area contributed by atoms with Gasteiger partial charge in [0.05, 0.1) is 0 Å². The zero-order chi connectivity index (χ0) is 17.2. The number of ketones is 2. The molecule has 0 bridgehead atoms. The maximum absolute atomic E-state index is 13.0. The van der Waals surface area contributed by atoms with E-state index in [1.165, 1.54) is 0 Å². The normalized spacial score (nSPS) is 39.7. The van der Waals surface area contributed by atoms with Gasteiger partial charge in [0, 0.05) is 23.0 Å². The lowest BCUT2D eigenvalue weighted by Crippen LogP contribution is -2.54. The molecular weight excluding hydrogens is 288 g/mol. The van der Waals surface area contributed by atoms with Crippen LogP contribution in [0.15, 0.2) is 22.8 Å². The Kier molecular flexibility index (Phi) is 3.54. The lowest BCUT2D eigenvalue weighted by Gasteiger charge is -2.56. The van der Waals surface area contributed by atoms with Crippen LogP contribution in [0.2, 0.25) is 0 Å². The predicted molar refractivity (Wildman–Crippen MR) is 89.9 cm³/mol. The molecule has 0 aliphatic heterocycles. The Hall–Kier alpha value is -1.22. The topological polar surface area (TPSA) is 54.4 Å². The zero-order valence-corrected chi connectivity index (χ0v) is 15.0. The molecule has 0 aromatic heterocycles. The van der Waals surface area contributed by atoms with Gasteiger partial charge in [-0.15, -0.1) is 0 Å². The van der Waals surface area contributed by atoms with Crippen molar-refractivity contribution in [3.63, 3.8) is 0 Å². The van der Waals surface area contributed by atoms with Crippen molar-refractivity contribution in [1.82, 2.24) is 0 Å². The van der Waals surface area contributed by atoms with Crippen molar-refractivity contribution < 1.29 is 14.7 Å². The van der Waals surface area contributed by atoms with Crippen molar-refractivity contribution in [3.8, 4) is 0 Å². The summed E-state index contributed by atoms with van der Waals surface area (Å²) in [5.74, 6) is 0.0864. The van der Waals surface area contributed by atoms with Gasteiger partial charge in [-0.05, 0) is 49.2 Å². The number of fused-ring (bicyclic) bond motifs is 2. The Morgan fingerprint density at radius 3 is 2.43 bits per heavy atom. The minimum atomic E-state index is -1.27. The largest absolute Gasteiger partial charge is 0.381 e. The Bertz CT molecular complexity index is 652. The SMILES string of the molecule is CCC1(O)C(C)=CC(=O)C2=C1C(=O)CC1C(C)(C)CCCC21C. The van der Waals surface area contributed by atoms with Gasteiger partial charge in [-0.3, -0.25) is 9.59 Å². The quantitative estimate of drug-likeness (QED) is 0.801. The highest BCUT2D eigenvalue weighted by atomic mass is 16.3. The standard InChI is InChI=1S/C20H28O3/c1-6-20(23)12(2)10-13(21)16-17(20)14(22)11-15-18(3,4)8-7-9-19(15,16)5/h10,15,23H,6-9,11H2,1-5H3. The average molecular weight is 316 g/mol. The lowest BCUT2D eigenvalue weighted by molar-refractivity contribution is -0.128. The second-order valence-corrected chi connectivity index (χ2v) is 8.59. The maximum Gasteiger partial charge on any atom is 0.182 e. The first kappa shape index (κ1) is 16.6. The summed E-state index contributed by atoms with van der Waals surface area (Å²) in [4.78, 5) is 25.8. The number of carbonyl (C=O) groups is 2. The molecule has 3 heteroatoms. The van der Waals surface area contributed by atoms with Crippen LogP contribution in [0.1, 0.15) is 66.7 Å². The monoisotopic (exact) mass is 316 g/mol. The van der Waals surface area contributed by atoms with E-state index in [4.69, 9.17) is 0 Å². The molecule has 3 rings (SSSR count). The molecule has 23 heavy (non-hydrogen) atoms. The summed E-state index contributed by atoms with van der Waals surface area (Å²) in [6.45, 7) is 10.2. The Morgan fingerprint density at radius 2 is 1.83 bits per heavy atom. The third kappa shape index (κ3) is 2.05. The summed E-state index contributed by atoms with van der Waals surface area (Å²) in [7, 11) is 0. The minimum Gasteiger partial charge on any atom is -0.381 e. The molecular formula is C20H28O3. The van der Waals surface area contributed by atoms with E-state index < -0.39 is 5.60 Å². The number of allylic oxidation sites excluding steroid dienone is 2. The van der Waals surface area contributed by atoms with Crippen molar-refractivity contribution in [3.05, 3.63) is 22.8 Å². The Morgan fingerprint density at radius 1 is 1.17 bits per heavy atom. The Labute approximate surface area is 138 Å². The van der Waals surface area contributed by atoms with Crippen molar-refractivity contribution in [2.24, 2.45) is 16.7 Å². The summed E-state index contributed by atoms with van der Waals surface area (Å²) in [5.41, 5.74) is 0.0949. The molecule has 0 aromatic carbocycles. The van der Waals surface area contributed by atoms with Crippen LogP contribution in [0, 0.1) is 16.7 Å². The molecule has 1 N–H and O–H groups in total. The van der Waals surface area contributed by atoms with Crippen molar-refractivity contribution in [2.45, 2.75) is 72.3 Å². The van der Waals surface area contributed by atoms with Crippen LogP contribution in [0.4, 0.5) is 0 Å². The van der Waals surface area contributed by atoms with E-state index in [0.717, 1.165) is 19.3 Å². The zero-order valence-electron chi connectivity index (χ0n) is 15.0. The van der Waals surface area contributed by atoms with Gasteiger partial charge in [-0.2, -0.15) is 0 Å². The maximum atomic E-state index is 13.0. The van der Waals surface area contributed by atoms with Gasteiger partial charge >= 0.3 is 0 Å². The number of hydrogen-bond acceptors (Lipinski definition) is 3. The van der Waals surface area contributed by atoms with Crippen molar-refractivity contribution in [1.29, 1.82) is 0 Å². The molecule has 0 amide bonds. The molecule has 1 saturated carbocycles. The highest BCUT2D eigenvalue weighted by Gasteiger charge is 2.58. The smallest absolute Gasteiger partial charge is 0.182 e. The van der Waals surface area contributed by atoms with Crippen molar-refractivity contribution in [2.75, 3.05) is 0 Å². The number of Topliss-reactive ketones (excluding diaryl/α,β-unsaturated/α-hetero) is 1. The number of rotatable bonds is 1. The molecule has 3 aliphatic carbocycles. The molecule has 3 atom stereocenters. The number of aliphatic hydroxyl groups is 1. The van der Waals surface area contributed by atoms with E-state index in [9.17, 15) is 14.7 Å². The average Bonchev–Trinajstić information content (AvgIpc) is 2.45. The summed E-state index contributed by atoms with van der Waals surface area (Å²) in [5, 5.41) is 11.2. The van der Waals surface area contributed by atoms with Gasteiger partial charge < -0.3 is 5.11 Å². The molecule has 0 radical (unpaired) electrons. The van der Waals surface area contributed by atoms with E-state index in [1.807, 2.05) is 6.92 Å². The first-order valence-corrected chi connectivity index (χ1v) is 8.82. The molecule has 126 valence electrons. The van der Waals surface area contributed by atoms with Gasteiger partial charge in [0.25, 0.3) is 0 Å². The Balaban J connectivity index is 2.27. The minimum absolute atomic E-state index is 0.0254. The van der Waals surface area contributed by atoms with Gasteiger partial charge in [-0.25, -0.2) is 0 Å². The molecule has 0 aromatic rings. The molecule has 0 heterocycles. The lowest BCUT2D eigenvalue weighted by atomic mass is 9.47. The van der Waals surface area contributed by atoms with Gasteiger partial charge in [0.1, 0.15) is 5.60 Å². The van der Waals surface area contributed by atoms with Crippen LogP contribution >= 0.6 is 0 Å². The van der Waals surface area contributed by atoms with Crippen LogP contribution in [-0.2, 0) is 9.59 Å². The van der Waals surface area contributed by atoms with Crippen LogP contribution in [-0.4, -0.2) is 22.3 Å². The molecule has 0 spiro atoms. The highest BCUT2D eigenvalue weighted by Crippen LogP contribution is 2.61. The fourth-order valence-electron chi connectivity index (χ4n) is 5.52. The van der Waals surface area contributed by atoms with E-state index in [-0.39, 0.29) is 28.3 Å². The molecule has 1 fully saturated rings. The van der Waals surface area contributed by atoms with E-state index >= 15 is 0 Å². The summed E-state index contributed by atoms with van der Waals surface area (Å²) >= 11 is 0. The van der Waals surface area contributed by atoms with Crippen molar-refractivity contribution >= 4 is 11.6 Å². The number of carbonyl (C=O) groups excluding carboxylic acids is 2. The van der Waals surface area contributed by atoms with Crippen LogP contribution in [0.25, 0.3) is 0 Å². The van der Waals surface area contributed by atoms with E-state index in [2.05, 4.69) is 20.8 Å². The summed E-state index contributed by atoms with van der Waals surface area (Å²) in [6.07, 6.45) is 5.51. The van der Waals surface area contributed by atoms with Crippen LogP contribution in [0.3, 0.4) is 0 Å². The first-order valence-electron chi connectivity index (χ1n) is 8.82. The van der Waals surface area contributed by atoms with Gasteiger partial charge in [-0.1, -0.05) is 34.1 Å². The van der Waals surface area contributed by atoms with Gasteiger partial charge in [0.15, 0.2) is 11.6 Å². The second kappa shape index (κ2) is 4.89. The molecule has 3 unspecified atom stereocenters. The summed E-state index contributed by atoms with van der Waals surface area (Å²) < 4.78 is 0. The predicted octanol–water partition coefficient (Wildman–Crippen LogP) is 3.76. The third-order valence-electron chi connectivity index (χ3n) is 6.89. The fraction of sp³-hybridized carbons (Fsp3) is 0.700. The second-order valence-electron chi connectivity index (χ2n) is 8.59. The third-order valence-corrected chi connectivity index (χ3v) is 6.89. The highest BCUT2D eigenvalue weighted by molar-refractivity contribution is 6.16. The number of hydrogen-bond donors (Lipinski definition) is 1. The van der Waals surface area contributed by atoms with E-state index in [1.54, 1.807) is 13.0 Å². The van der Waals surface area contributed by atoms with Crippen LogP contribution < -0.4 is 0 Å². The van der Waals surface area contributed by atoms with E-state index in [0.29, 0.717) is 29.6 Å². The molecule has 3 nitrogen and oxygen atoms in total. The first-order chi connectivity index (χ1) is 10.6. The van der Waals surface area contributed by atoms with Gasteiger partial charge in [0.2, 0.25) is 0 Å². The van der Waals surface area contributed by atoms with Crippen LogP contribution in [0.5, 0.6) is 0 Å². The summed E-state index contributed by atoms with van der Waals surface area (Å²) in [6, 6.07) is 0. The molecule has 0 saturated heterocycles. The fourth-order valence-corrected chi connectivity index (χ4v) is 5.52. The molecule has 3 aliphatic rings.